The van der Waals surface area contributed by atoms with Crippen LogP contribution in [-0.2, 0) is 0 Å². The lowest BCUT2D eigenvalue weighted by Gasteiger charge is -1.94. The quantitative estimate of drug-likeness (QED) is 0.340. The van der Waals surface area contributed by atoms with Crippen LogP contribution in [0.4, 0.5) is 0 Å². The third-order valence-corrected chi connectivity index (χ3v) is 1.01. The molecule has 0 aromatic heterocycles. The lowest BCUT2D eigenvalue weighted by molar-refractivity contribution is 0.672. The Morgan fingerprint density at radius 3 is 2.78 bits per heavy atom. The van der Waals surface area contributed by atoms with E-state index < -0.39 is 0 Å². The zero-order valence-corrected chi connectivity index (χ0v) is 6.35. The first-order valence-corrected chi connectivity index (χ1v) is 3.66. The average Bonchev–Trinajstić information content (AvgIpc) is 1.89. The third kappa shape index (κ3) is 7.47. The first kappa shape index (κ1) is 8.47. The number of nitrogens with one attached hydrogen (secondary N) is 1. The molecule has 0 saturated carbocycles. The van der Waals surface area contributed by atoms with E-state index in [0.29, 0.717) is 0 Å². The topological polar surface area (TPSA) is 24.4 Å². The van der Waals surface area contributed by atoms with Crippen molar-refractivity contribution in [1.29, 1.82) is 0 Å². The largest absolute Gasteiger partial charge is 0.310 e. The van der Waals surface area contributed by atoms with Crippen molar-refractivity contribution in [2.24, 2.45) is 5.10 Å². The minimum atomic E-state index is 1.01. The Morgan fingerprint density at radius 2 is 2.22 bits per heavy atom. The SMILES string of the molecule is CC/C=N/NCCCC. The first-order chi connectivity index (χ1) is 4.41. The monoisotopic (exact) mass is 128 g/mol. The van der Waals surface area contributed by atoms with E-state index >= 15 is 0 Å². The van der Waals surface area contributed by atoms with Gasteiger partial charge in [-0.25, -0.2) is 0 Å². The molecule has 0 spiro atoms. The number of hydrogen-bond donors (Lipinski definition) is 1. The predicted octanol–water partition coefficient (Wildman–Crippen LogP) is 1.77. The summed E-state index contributed by atoms with van der Waals surface area (Å²) in [5.74, 6) is 0. The zero-order valence-electron chi connectivity index (χ0n) is 6.35. The molecule has 0 bridgehead atoms. The van der Waals surface area contributed by atoms with Crippen molar-refractivity contribution in [3.63, 3.8) is 0 Å². The van der Waals surface area contributed by atoms with Gasteiger partial charge in [-0.3, -0.25) is 0 Å². The highest BCUT2D eigenvalue weighted by molar-refractivity contribution is 5.55. The van der Waals surface area contributed by atoms with Crippen LogP contribution in [0.5, 0.6) is 0 Å². The van der Waals surface area contributed by atoms with Crippen LogP contribution in [0, 0.1) is 0 Å². The van der Waals surface area contributed by atoms with Crippen LogP contribution in [0.2, 0.25) is 0 Å². The van der Waals surface area contributed by atoms with Crippen LogP contribution in [0.1, 0.15) is 33.1 Å². The summed E-state index contributed by atoms with van der Waals surface area (Å²) in [6, 6.07) is 0. The summed E-state index contributed by atoms with van der Waals surface area (Å²) in [5.41, 5.74) is 2.96. The highest BCUT2D eigenvalue weighted by Crippen LogP contribution is 1.81. The first-order valence-electron chi connectivity index (χ1n) is 3.66. The molecule has 2 heteroatoms. The molecular weight excluding hydrogens is 112 g/mol. The summed E-state index contributed by atoms with van der Waals surface area (Å²) in [7, 11) is 0. The van der Waals surface area contributed by atoms with Crippen LogP contribution in [-0.4, -0.2) is 12.8 Å². The Balaban J connectivity index is 2.82. The van der Waals surface area contributed by atoms with Crippen molar-refractivity contribution in [2.45, 2.75) is 33.1 Å². The smallest absolute Gasteiger partial charge is 0.0329 e. The van der Waals surface area contributed by atoms with E-state index in [1.165, 1.54) is 12.8 Å². The molecule has 9 heavy (non-hydrogen) atoms. The van der Waals surface area contributed by atoms with E-state index in [-0.39, 0.29) is 0 Å². The molecule has 0 aromatic carbocycles. The number of unbranched alkanes of at least 4 members (excludes halogenated alkanes) is 1. The van der Waals surface area contributed by atoms with Crippen molar-refractivity contribution in [3.8, 4) is 0 Å². The van der Waals surface area contributed by atoms with Gasteiger partial charge in [-0.05, 0) is 12.8 Å². The molecule has 0 aliphatic carbocycles. The summed E-state index contributed by atoms with van der Waals surface area (Å²) >= 11 is 0. The van der Waals surface area contributed by atoms with E-state index in [9.17, 15) is 0 Å². The number of rotatable bonds is 5. The van der Waals surface area contributed by atoms with Crippen molar-refractivity contribution in [3.05, 3.63) is 0 Å². The fraction of sp³-hybridized carbons (Fsp3) is 0.857. The minimum Gasteiger partial charge on any atom is -0.310 e. The van der Waals surface area contributed by atoms with Gasteiger partial charge in [0.1, 0.15) is 0 Å². The molecule has 0 radical (unpaired) electrons. The van der Waals surface area contributed by atoms with Crippen LogP contribution < -0.4 is 5.43 Å². The highest BCUT2D eigenvalue weighted by Gasteiger charge is 1.77. The third-order valence-electron chi connectivity index (χ3n) is 1.01. The average molecular weight is 128 g/mol. The Morgan fingerprint density at radius 1 is 1.44 bits per heavy atom. The number of hydrogen-bond acceptors (Lipinski definition) is 2. The summed E-state index contributed by atoms with van der Waals surface area (Å²) in [4.78, 5) is 0. The molecule has 54 valence electrons. The van der Waals surface area contributed by atoms with Crippen molar-refractivity contribution in [1.82, 2.24) is 5.43 Å². The number of hydrazone groups is 1. The lowest BCUT2D eigenvalue weighted by Crippen LogP contribution is -2.06. The van der Waals surface area contributed by atoms with E-state index in [2.05, 4.69) is 24.4 Å². The molecule has 0 atom stereocenters. The van der Waals surface area contributed by atoms with Gasteiger partial charge < -0.3 is 5.43 Å². The Kier molecular flexibility index (Phi) is 7.03. The van der Waals surface area contributed by atoms with Crippen LogP contribution in [0.25, 0.3) is 0 Å². The van der Waals surface area contributed by atoms with Crippen LogP contribution in [0.15, 0.2) is 5.10 Å². The second-order valence-corrected chi connectivity index (χ2v) is 1.98. The molecule has 1 N–H and O–H groups in total. The molecule has 0 rings (SSSR count). The molecule has 0 fully saturated rings. The van der Waals surface area contributed by atoms with Gasteiger partial charge in [-0.2, -0.15) is 5.10 Å². The van der Waals surface area contributed by atoms with Crippen molar-refractivity contribution >= 4 is 6.21 Å². The van der Waals surface area contributed by atoms with Crippen LogP contribution in [0.3, 0.4) is 0 Å². The van der Waals surface area contributed by atoms with E-state index in [4.69, 9.17) is 0 Å². The van der Waals surface area contributed by atoms with Crippen molar-refractivity contribution in [2.75, 3.05) is 6.54 Å². The highest BCUT2D eigenvalue weighted by atomic mass is 15.3. The van der Waals surface area contributed by atoms with Gasteiger partial charge in [0.25, 0.3) is 0 Å². The summed E-state index contributed by atoms with van der Waals surface area (Å²) in [5, 5.41) is 3.95. The maximum atomic E-state index is 3.95. The summed E-state index contributed by atoms with van der Waals surface area (Å²) in [6.45, 7) is 5.25. The normalized spacial score (nSPS) is 10.4. The zero-order chi connectivity index (χ0) is 6.95. The van der Waals surface area contributed by atoms with E-state index in [1.54, 1.807) is 0 Å². The summed E-state index contributed by atoms with van der Waals surface area (Å²) < 4.78 is 0. The van der Waals surface area contributed by atoms with Gasteiger partial charge in [-0.1, -0.05) is 20.3 Å². The standard InChI is InChI=1S/C7H16N2/c1-3-5-7-9-8-6-4-2/h6,9H,3-5,7H2,1-2H3/b8-6+. The summed E-state index contributed by atoms with van der Waals surface area (Å²) in [6.07, 6.45) is 5.34. The fourth-order valence-electron chi connectivity index (χ4n) is 0.476. The maximum Gasteiger partial charge on any atom is 0.0329 e. The van der Waals surface area contributed by atoms with Gasteiger partial charge in [0.05, 0.1) is 0 Å². The maximum absolute atomic E-state index is 3.95. The van der Waals surface area contributed by atoms with E-state index in [1.807, 2.05) is 6.21 Å². The molecule has 0 aromatic rings. The van der Waals surface area contributed by atoms with Crippen LogP contribution >= 0.6 is 0 Å². The molecule has 0 unspecified atom stereocenters. The molecule has 0 heterocycles. The van der Waals surface area contributed by atoms with Gasteiger partial charge in [0, 0.05) is 12.8 Å². The van der Waals surface area contributed by atoms with Crippen molar-refractivity contribution < 1.29 is 0 Å². The fourth-order valence-corrected chi connectivity index (χ4v) is 0.476. The molecule has 0 amide bonds. The molecule has 0 aliphatic rings. The number of nitrogens with zero attached hydrogens (tertiary/aromatic N) is 1. The predicted molar refractivity (Wildman–Crippen MR) is 41.7 cm³/mol. The minimum absolute atomic E-state index is 1.01. The van der Waals surface area contributed by atoms with Gasteiger partial charge >= 0.3 is 0 Å². The second-order valence-electron chi connectivity index (χ2n) is 1.98. The molecular formula is C7H16N2. The van der Waals surface area contributed by atoms with Gasteiger partial charge in [0.15, 0.2) is 0 Å². The van der Waals surface area contributed by atoms with Gasteiger partial charge in [0.2, 0.25) is 0 Å². The molecule has 0 aliphatic heterocycles. The second kappa shape index (κ2) is 7.47. The Bertz CT molecular complexity index is 69.3. The Hall–Kier alpha value is -0.530. The lowest BCUT2D eigenvalue weighted by atomic mass is 10.3. The Labute approximate surface area is 57.3 Å². The molecule has 0 saturated heterocycles. The van der Waals surface area contributed by atoms with Gasteiger partial charge in [-0.15, -0.1) is 0 Å². The molecule has 2 nitrogen and oxygen atoms in total. The van der Waals surface area contributed by atoms with E-state index in [0.717, 1.165) is 13.0 Å².